The Morgan fingerprint density at radius 3 is 2.55 bits per heavy atom. The van der Waals surface area contributed by atoms with Crippen molar-refractivity contribution in [3.8, 4) is 5.75 Å². The fraction of sp³-hybridized carbons (Fsp3) is 0.304. The summed E-state index contributed by atoms with van der Waals surface area (Å²) in [5.41, 5.74) is 3.64. The number of hydrogen-bond acceptors (Lipinski definition) is 6. The summed E-state index contributed by atoms with van der Waals surface area (Å²) in [4.78, 5) is 10.7. The second kappa shape index (κ2) is 7.86. The maximum absolute atomic E-state index is 11.1. The maximum Gasteiger partial charge on any atom is 0.269 e. The Bertz CT molecular complexity index is 1130. The van der Waals surface area contributed by atoms with Gasteiger partial charge in [-0.05, 0) is 43.2 Å². The topological polar surface area (TPSA) is 96.8 Å². The number of nitrogens with zero attached hydrogens (tertiary/aromatic N) is 5. The summed E-state index contributed by atoms with van der Waals surface area (Å²) in [6.45, 7) is 0. The van der Waals surface area contributed by atoms with Gasteiger partial charge in [-0.1, -0.05) is 25.0 Å². The first-order valence-corrected chi connectivity index (χ1v) is 10.5. The molecule has 5 rings (SSSR count). The van der Waals surface area contributed by atoms with E-state index in [1.54, 1.807) is 30.3 Å². The van der Waals surface area contributed by atoms with Crippen LogP contribution >= 0.6 is 0 Å². The van der Waals surface area contributed by atoms with Crippen LogP contribution < -0.4 is 5.01 Å². The van der Waals surface area contributed by atoms with Crippen molar-refractivity contribution < 1.29 is 10.0 Å². The van der Waals surface area contributed by atoms with Crippen LogP contribution in [0.25, 0.3) is 0 Å². The Labute approximate surface area is 179 Å². The van der Waals surface area contributed by atoms with Gasteiger partial charge in [-0.3, -0.25) is 19.8 Å². The number of nitro groups is 1. The predicted octanol–water partition coefficient (Wildman–Crippen LogP) is 4.97. The Hall–Kier alpha value is -3.68. The monoisotopic (exact) mass is 417 g/mol. The second-order valence-corrected chi connectivity index (χ2v) is 8.07. The molecule has 1 aromatic heterocycles. The van der Waals surface area contributed by atoms with Crippen LogP contribution in [0, 0.1) is 10.1 Å². The quantitative estimate of drug-likeness (QED) is 0.467. The van der Waals surface area contributed by atoms with Crippen molar-refractivity contribution in [1.29, 1.82) is 0 Å². The molecule has 1 atom stereocenters. The number of aromatic hydroxyl groups is 1. The molecule has 8 heteroatoms. The minimum absolute atomic E-state index is 0.0488. The number of non-ortho nitro benzene ring substituents is 1. The van der Waals surface area contributed by atoms with Gasteiger partial charge in [0.05, 0.1) is 34.1 Å². The maximum atomic E-state index is 11.1. The molecule has 0 amide bonds. The van der Waals surface area contributed by atoms with Gasteiger partial charge in [0.15, 0.2) is 0 Å². The van der Waals surface area contributed by atoms with Crippen molar-refractivity contribution in [3.05, 3.63) is 82.2 Å². The highest BCUT2D eigenvalue weighted by molar-refractivity contribution is 6.03. The molecule has 1 saturated carbocycles. The molecular weight excluding hydrogens is 394 g/mol. The van der Waals surface area contributed by atoms with E-state index in [4.69, 9.17) is 5.10 Å². The highest BCUT2D eigenvalue weighted by Crippen LogP contribution is 2.40. The van der Waals surface area contributed by atoms with Crippen LogP contribution in [0.4, 0.5) is 11.4 Å². The van der Waals surface area contributed by atoms with E-state index in [9.17, 15) is 15.2 Å². The van der Waals surface area contributed by atoms with Gasteiger partial charge in [0, 0.05) is 30.3 Å². The number of benzene rings is 2. The second-order valence-electron chi connectivity index (χ2n) is 8.07. The predicted molar refractivity (Wildman–Crippen MR) is 117 cm³/mol. The molecule has 158 valence electrons. The number of hydrogen-bond donors (Lipinski definition) is 1. The molecule has 2 aliphatic rings. The van der Waals surface area contributed by atoms with Crippen LogP contribution in [0.3, 0.4) is 0 Å². The van der Waals surface area contributed by atoms with Crippen LogP contribution in [0.5, 0.6) is 5.75 Å². The Morgan fingerprint density at radius 2 is 1.84 bits per heavy atom. The number of phenols is 1. The lowest BCUT2D eigenvalue weighted by Gasteiger charge is -2.26. The number of rotatable bonds is 5. The summed E-state index contributed by atoms with van der Waals surface area (Å²) in [5.74, 6) is 0.196. The van der Waals surface area contributed by atoms with Gasteiger partial charge in [-0.2, -0.15) is 10.2 Å². The number of nitro benzene ring substituents is 1. The highest BCUT2D eigenvalue weighted by Gasteiger charge is 2.34. The van der Waals surface area contributed by atoms with E-state index >= 15 is 0 Å². The largest absolute Gasteiger partial charge is 0.508 e. The van der Waals surface area contributed by atoms with Crippen LogP contribution in [-0.2, 0) is 0 Å². The summed E-state index contributed by atoms with van der Waals surface area (Å²) in [6, 6.07) is 15.9. The molecule has 1 fully saturated rings. The van der Waals surface area contributed by atoms with E-state index in [2.05, 4.69) is 9.78 Å². The van der Waals surface area contributed by atoms with Gasteiger partial charge in [-0.25, -0.2) is 0 Å². The Kier molecular flexibility index (Phi) is 4.89. The lowest BCUT2D eigenvalue weighted by atomic mass is 10.0. The third-order valence-electron chi connectivity index (χ3n) is 6.13. The normalized spacial score (nSPS) is 19.0. The highest BCUT2D eigenvalue weighted by atomic mass is 16.6. The molecule has 1 aliphatic carbocycles. The molecule has 0 saturated heterocycles. The van der Waals surface area contributed by atoms with Crippen molar-refractivity contribution in [2.75, 3.05) is 5.01 Å². The first-order chi connectivity index (χ1) is 15.1. The van der Waals surface area contributed by atoms with Gasteiger partial charge in [0.1, 0.15) is 5.75 Å². The van der Waals surface area contributed by atoms with E-state index in [1.807, 2.05) is 23.3 Å². The molecule has 8 nitrogen and oxygen atoms in total. The van der Waals surface area contributed by atoms with Crippen molar-refractivity contribution in [1.82, 2.24) is 9.78 Å². The van der Waals surface area contributed by atoms with Gasteiger partial charge in [0.25, 0.3) is 5.69 Å². The van der Waals surface area contributed by atoms with Gasteiger partial charge in [0.2, 0.25) is 0 Å². The van der Waals surface area contributed by atoms with Gasteiger partial charge in [-0.15, -0.1) is 0 Å². The number of hydrazone groups is 1. The van der Waals surface area contributed by atoms with Crippen LogP contribution in [0.15, 0.2) is 65.9 Å². The standard InChI is InChI=1S/C23H23N5O3/c29-20-7-3-4-16(14-20)21-15-23(22-12-13-24-26(22)17-5-1-2-6-17)27(25-21)18-8-10-19(11-9-18)28(30)31/h3-4,7-14,17,23,29H,1-2,5-6,15H2/t23-/m0/s1. The zero-order valence-corrected chi connectivity index (χ0v) is 17.0. The zero-order valence-electron chi connectivity index (χ0n) is 17.0. The van der Waals surface area contributed by atoms with Gasteiger partial charge >= 0.3 is 0 Å². The molecule has 0 spiro atoms. The molecule has 31 heavy (non-hydrogen) atoms. The van der Waals surface area contributed by atoms with Gasteiger partial charge < -0.3 is 5.11 Å². The first kappa shape index (κ1) is 19.3. The minimum Gasteiger partial charge on any atom is -0.508 e. The summed E-state index contributed by atoms with van der Waals surface area (Å²) >= 11 is 0. The van der Waals surface area contributed by atoms with Crippen molar-refractivity contribution in [3.63, 3.8) is 0 Å². The Morgan fingerprint density at radius 1 is 1.06 bits per heavy atom. The van der Waals surface area contributed by atoms with Crippen molar-refractivity contribution in [2.24, 2.45) is 5.10 Å². The zero-order chi connectivity index (χ0) is 21.4. The average molecular weight is 417 g/mol. The van der Waals surface area contributed by atoms with Crippen molar-refractivity contribution >= 4 is 17.1 Å². The van der Waals surface area contributed by atoms with Crippen LogP contribution in [0.2, 0.25) is 0 Å². The molecular formula is C23H23N5O3. The molecule has 3 aromatic rings. The number of anilines is 1. The molecule has 0 unspecified atom stereocenters. The molecule has 0 radical (unpaired) electrons. The van der Waals surface area contributed by atoms with E-state index in [0.717, 1.165) is 35.5 Å². The molecule has 1 N–H and O–H groups in total. The lowest BCUT2D eigenvalue weighted by molar-refractivity contribution is -0.384. The van der Waals surface area contributed by atoms with Crippen LogP contribution in [-0.4, -0.2) is 25.5 Å². The molecule has 2 heterocycles. The third-order valence-corrected chi connectivity index (χ3v) is 6.13. The van der Waals surface area contributed by atoms with E-state index in [1.165, 1.54) is 25.0 Å². The summed E-state index contributed by atoms with van der Waals surface area (Å²) in [5, 5.41) is 32.4. The fourth-order valence-electron chi connectivity index (χ4n) is 4.61. The molecule has 1 aliphatic heterocycles. The lowest BCUT2D eigenvalue weighted by Crippen LogP contribution is -2.23. The van der Waals surface area contributed by atoms with Crippen molar-refractivity contribution in [2.45, 2.75) is 44.2 Å². The van der Waals surface area contributed by atoms with E-state index in [-0.39, 0.29) is 17.5 Å². The molecule has 0 bridgehead atoms. The Balaban J connectivity index is 1.55. The summed E-state index contributed by atoms with van der Waals surface area (Å²) in [6.07, 6.45) is 7.17. The van der Waals surface area contributed by atoms with Crippen LogP contribution in [0.1, 0.15) is 55.4 Å². The van der Waals surface area contributed by atoms with E-state index < -0.39 is 4.92 Å². The van der Waals surface area contributed by atoms with E-state index in [0.29, 0.717) is 12.5 Å². The summed E-state index contributed by atoms with van der Waals surface area (Å²) < 4.78 is 2.14. The smallest absolute Gasteiger partial charge is 0.269 e. The number of aromatic nitrogens is 2. The fourth-order valence-corrected chi connectivity index (χ4v) is 4.61. The summed E-state index contributed by atoms with van der Waals surface area (Å²) in [7, 11) is 0. The minimum atomic E-state index is -0.401. The SMILES string of the molecule is O=[N+]([O-])c1ccc(N2N=C(c3cccc(O)c3)C[C@H]2c2ccnn2C2CCCC2)cc1. The average Bonchev–Trinajstić information content (AvgIpc) is 3.53. The molecule has 2 aromatic carbocycles. The third kappa shape index (κ3) is 3.65. The number of phenolic OH excluding ortho intramolecular Hbond substituents is 1. The first-order valence-electron chi connectivity index (χ1n) is 10.5.